The summed E-state index contributed by atoms with van der Waals surface area (Å²) in [6.07, 6.45) is 0. The summed E-state index contributed by atoms with van der Waals surface area (Å²) in [6.45, 7) is 19.4. The Kier molecular flexibility index (Phi) is 3.59. The molecule has 2 rings (SSSR count). The van der Waals surface area contributed by atoms with E-state index in [1.54, 1.807) is 0 Å². The molecule has 1 fully saturated rings. The SMILES string of the molecule is CCn1c(C)cc(CNCC2C(C)(C)C2(C)C)c1C. The van der Waals surface area contributed by atoms with E-state index in [1.165, 1.54) is 17.0 Å². The minimum absolute atomic E-state index is 0.486. The molecule has 0 amide bonds. The predicted molar refractivity (Wildman–Crippen MR) is 82.3 cm³/mol. The highest BCUT2D eigenvalue weighted by atomic mass is 15.0. The number of nitrogens with zero attached hydrogens (tertiary/aromatic N) is 1. The molecule has 19 heavy (non-hydrogen) atoms. The van der Waals surface area contributed by atoms with Crippen molar-refractivity contribution in [2.24, 2.45) is 16.7 Å². The molecule has 108 valence electrons. The normalized spacial score (nSPS) is 20.8. The van der Waals surface area contributed by atoms with E-state index in [4.69, 9.17) is 0 Å². The van der Waals surface area contributed by atoms with Gasteiger partial charge < -0.3 is 9.88 Å². The van der Waals surface area contributed by atoms with Crippen molar-refractivity contribution in [1.29, 1.82) is 0 Å². The van der Waals surface area contributed by atoms with E-state index in [1.807, 2.05) is 0 Å². The van der Waals surface area contributed by atoms with E-state index < -0.39 is 0 Å². The molecule has 0 atom stereocenters. The molecular weight excluding hydrogens is 232 g/mol. The van der Waals surface area contributed by atoms with Gasteiger partial charge in [0.1, 0.15) is 0 Å². The second-order valence-electron chi connectivity index (χ2n) is 7.27. The van der Waals surface area contributed by atoms with E-state index in [0.29, 0.717) is 10.8 Å². The summed E-state index contributed by atoms with van der Waals surface area (Å²) in [5.41, 5.74) is 5.22. The van der Waals surface area contributed by atoms with Gasteiger partial charge in [-0.05, 0) is 55.7 Å². The summed E-state index contributed by atoms with van der Waals surface area (Å²) >= 11 is 0. The lowest BCUT2D eigenvalue weighted by molar-refractivity contribution is 0.457. The maximum atomic E-state index is 3.67. The van der Waals surface area contributed by atoms with Crippen molar-refractivity contribution in [2.45, 2.75) is 61.6 Å². The number of aromatic nitrogens is 1. The summed E-state index contributed by atoms with van der Waals surface area (Å²) in [4.78, 5) is 0. The Bertz CT molecular complexity index is 452. The fraction of sp³-hybridized carbons (Fsp3) is 0.765. The predicted octanol–water partition coefficient (Wildman–Crippen LogP) is 3.90. The molecular formula is C17H30N2. The lowest BCUT2D eigenvalue weighted by Gasteiger charge is -2.08. The van der Waals surface area contributed by atoms with Gasteiger partial charge in [0.25, 0.3) is 0 Å². The first-order valence-electron chi connectivity index (χ1n) is 7.59. The van der Waals surface area contributed by atoms with Gasteiger partial charge >= 0.3 is 0 Å². The van der Waals surface area contributed by atoms with Crippen molar-refractivity contribution in [3.05, 3.63) is 23.0 Å². The minimum Gasteiger partial charge on any atom is -0.349 e. The van der Waals surface area contributed by atoms with Crippen LogP contribution < -0.4 is 5.32 Å². The molecule has 1 aromatic heterocycles. The third-order valence-electron chi connectivity index (χ3n) is 5.98. The van der Waals surface area contributed by atoms with Crippen LogP contribution in [0.1, 0.15) is 51.6 Å². The van der Waals surface area contributed by atoms with Crippen LogP contribution in [0.2, 0.25) is 0 Å². The summed E-state index contributed by atoms with van der Waals surface area (Å²) in [7, 11) is 0. The monoisotopic (exact) mass is 262 g/mol. The van der Waals surface area contributed by atoms with Gasteiger partial charge in [-0.25, -0.2) is 0 Å². The van der Waals surface area contributed by atoms with Gasteiger partial charge in [-0.2, -0.15) is 0 Å². The smallest absolute Gasteiger partial charge is 0.0223 e. The van der Waals surface area contributed by atoms with Crippen LogP contribution in [0.15, 0.2) is 6.07 Å². The van der Waals surface area contributed by atoms with Crippen LogP contribution in [0.5, 0.6) is 0 Å². The summed E-state index contributed by atoms with van der Waals surface area (Å²) in [6, 6.07) is 2.33. The molecule has 1 aliphatic carbocycles. The maximum Gasteiger partial charge on any atom is 0.0223 e. The van der Waals surface area contributed by atoms with Crippen LogP contribution in [-0.4, -0.2) is 11.1 Å². The van der Waals surface area contributed by atoms with Gasteiger partial charge in [-0.1, -0.05) is 27.7 Å². The molecule has 0 aliphatic heterocycles. The first kappa shape index (κ1) is 14.6. The largest absolute Gasteiger partial charge is 0.349 e. The molecule has 0 saturated heterocycles. The number of aryl methyl sites for hydroxylation is 1. The number of nitrogens with one attached hydrogen (secondary N) is 1. The molecule has 1 heterocycles. The standard InChI is InChI=1S/C17H30N2/c1-8-19-12(2)9-14(13(19)3)10-18-11-15-16(4,5)17(15,6)7/h9,15,18H,8,10-11H2,1-7H3. The van der Waals surface area contributed by atoms with Gasteiger partial charge in [0.2, 0.25) is 0 Å². The number of rotatable bonds is 5. The topological polar surface area (TPSA) is 17.0 Å². The highest BCUT2D eigenvalue weighted by molar-refractivity contribution is 5.26. The molecule has 1 aliphatic rings. The highest BCUT2D eigenvalue weighted by Gasteiger charge is 2.63. The molecule has 0 spiro atoms. The van der Waals surface area contributed by atoms with Gasteiger partial charge in [-0.3, -0.25) is 0 Å². The van der Waals surface area contributed by atoms with Crippen LogP contribution in [0, 0.1) is 30.6 Å². The van der Waals surface area contributed by atoms with Gasteiger partial charge in [0.05, 0.1) is 0 Å². The molecule has 1 saturated carbocycles. The fourth-order valence-corrected chi connectivity index (χ4v) is 3.73. The van der Waals surface area contributed by atoms with Crippen LogP contribution in [-0.2, 0) is 13.1 Å². The molecule has 0 aromatic carbocycles. The highest BCUT2D eigenvalue weighted by Crippen LogP contribution is 2.67. The molecule has 1 aromatic rings. The van der Waals surface area contributed by atoms with Crippen molar-refractivity contribution < 1.29 is 0 Å². The second-order valence-corrected chi connectivity index (χ2v) is 7.27. The minimum atomic E-state index is 0.486. The Balaban J connectivity index is 1.91. The Hall–Kier alpha value is -0.760. The fourth-order valence-electron chi connectivity index (χ4n) is 3.73. The van der Waals surface area contributed by atoms with Crippen molar-refractivity contribution in [3.63, 3.8) is 0 Å². The third-order valence-corrected chi connectivity index (χ3v) is 5.98. The van der Waals surface area contributed by atoms with Crippen molar-refractivity contribution in [2.75, 3.05) is 6.54 Å². The number of hydrogen-bond donors (Lipinski definition) is 1. The van der Waals surface area contributed by atoms with Crippen LogP contribution >= 0.6 is 0 Å². The molecule has 1 N–H and O–H groups in total. The lowest BCUT2D eigenvalue weighted by Crippen LogP contribution is -2.19. The molecule has 0 radical (unpaired) electrons. The molecule has 2 heteroatoms. The van der Waals surface area contributed by atoms with Crippen molar-refractivity contribution in [1.82, 2.24) is 9.88 Å². The zero-order chi connectivity index (χ0) is 14.4. The Morgan fingerprint density at radius 2 is 1.74 bits per heavy atom. The number of hydrogen-bond acceptors (Lipinski definition) is 1. The van der Waals surface area contributed by atoms with Gasteiger partial charge in [0.15, 0.2) is 0 Å². The Morgan fingerprint density at radius 1 is 1.16 bits per heavy atom. The van der Waals surface area contributed by atoms with Gasteiger partial charge in [-0.15, -0.1) is 0 Å². The lowest BCUT2D eigenvalue weighted by atomic mass is 10.0. The summed E-state index contributed by atoms with van der Waals surface area (Å²) < 4.78 is 2.39. The van der Waals surface area contributed by atoms with Crippen LogP contribution in [0.25, 0.3) is 0 Å². The summed E-state index contributed by atoms with van der Waals surface area (Å²) in [5.74, 6) is 0.801. The van der Waals surface area contributed by atoms with E-state index in [2.05, 4.69) is 64.4 Å². The zero-order valence-electron chi connectivity index (χ0n) is 13.7. The van der Waals surface area contributed by atoms with E-state index in [9.17, 15) is 0 Å². The van der Waals surface area contributed by atoms with E-state index in [0.717, 1.165) is 25.6 Å². The molecule has 0 unspecified atom stereocenters. The average Bonchev–Trinajstić information content (AvgIpc) is 2.58. The first-order valence-corrected chi connectivity index (χ1v) is 7.59. The van der Waals surface area contributed by atoms with Crippen molar-refractivity contribution in [3.8, 4) is 0 Å². The van der Waals surface area contributed by atoms with E-state index in [-0.39, 0.29) is 0 Å². The second kappa shape index (κ2) is 4.66. The van der Waals surface area contributed by atoms with Gasteiger partial charge in [0, 0.05) is 24.5 Å². The van der Waals surface area contributed by atoms with Crippen LogP contribution in [0.3, 0.4) is 0 Å². The van der Waals surface area contributed by atoms with Crippen molar-refractivity contribution >= 4 is 0 Å². The Labute approximate surface area is 118 Å². The first-order chi connectivity index (χ1) is 8.73. The molecule has 2 nitrogen and oxygen atoms in total. The summed E-state index contributed by atoms with van der Waals surface area (Å²) in [5, 5.41) is 3.67. The zero-order valence-corrected chi connectivity index (χ0v) is 13.7. The molecule has 0 bridgehead atoms. The third kappa shape index (κ3) is 2.24. The maximum absolute atomic E-state index is 3.67. The van der Waals surface area contributed by atoms with Crippen LogP contribution in [0.4, 0.5) is 0 Å². The average molecular weight is 262 g/mol. The van der Waals surface area contributed by atoms with E-state index >= 15 is 0 Å². The Morgan fingerprint density at radius 3 is 2.16 bits per heavy atom. The quantitative estimate of drug-likeness (QED) is 0.851.